The smallest absolute Gasteiger partial charge is 0.0951 e. The monoisotopic (exact) mass is 220 g/mol. The third-order valence-corrected chi connectivity index (χ3v) is 2.92. The normalized spacial score (nSPS) is 10.6. The number of imidazole rings is 1. The quantitative estimate of drug-likeness (QED) is 0.760. The Hall–Kier alpha value is -1.28. The van der Waals surface area contributed by atoms with Crippen LogP contribution in [-0.4, -0.2) is 9.55 Å². The zero-order valence-corrected chi connectivity index (χ0v) is 9.62. The van der Waals surface area contributed by atoms with Gasteiger partial charge in [-0.15, -0.1) is 0 Å². The third kappa shape index (κ3) is 2.21. The van der Waals surface area contributed by atoms with Gasteiger partial charge in [0.25, 0.3) is 0 Å². The standard InChI is InChI=1S/C12H13ClN2/c1-9-5-11(3-4-12(9)13)7-15-8-14-6-10(15)2/h3-6,8H,7H2,1-2H3. The van der Waals surface area contributed by atoms with Gasteiger partial charge in [-0.2, -0.15) is 0 Å². The highest BCUT2D eigenvalue weighted by Crippen LogP contribution is 2.17. The van der Waals surface area contributed by atoms with Crippen LogP contribution in [0.1, 0.15) is 16.8 Å². The molecule has 1 heterocycles. The Kier molecular flexibility index (Phi) is 2.78. The maximum absolute atomic E-state index is 5.97. The molecule has 0 atom stereocenters. The molecule has 2 nitrogen and oxygen atoms in total. The van der Waals surface area contributed by atoms with Gasteiger partial charge in [-0.05, 0) is 31.0 Å². The van der Waals surface area contributed by atoms with Crippen LogP contribution in [0.4, 0.5) is 0 Å². The molecule has 0 saturated heterocycles. The second-order valence-electron chi connectivity index (χ2n) is 3.75. The van der Waals surface area contributed by atoms with Gasteiger partial charge in [0.2, 0.25) is 0 Å². The van der Waals surface area contributed by atoms with Crippen molar-refractivity contribution in [1.82, 2.24) is 9.55 Å². The van der Waals surface area contributed by atoms with E-state index >= 15 is 0 Å². The maximum atomic E-state index is 5.97. The second-order valence-corrected chi connectivity index (χ2v) is 4.15. The van der Waals surface area contributed by atoms with Crippen LogP contribution in [0, 0.1) is 13.8 Å². The minimum atomic E-state index is 0.820. The fourth-order valence-electron chi connectivity index (χ4n) is 1.55. The number of aromatic nitrogens is 2. The van der Waals surface area contributed by atoms with Gasteiger partial charge in [-0.3, -0.25) is 0 Å². The Balaban J connectivity index is 2.25. The first kappa shape index (κ1) is 10.2. The summed E-state index contributed by atoms with van der Waals surface area (Å²) in [6.45, 7) is 4.92. The summed E-state index contributed by atoms with van der Waals surface area (Å²) in [5, 5.41) is 0.820. The molecule has 2 rings (SSSR count). The van der Waals surface area contributed by atoms with Gasteiger partial charge in [0.15, 0.2) is 0 Å². The summed E-state index contributed by atoms with van der Waals surface area (Å²) >= 11 is 5.97. The molecule has 3 heteroatoms. The van der Waals surface area contributed by atoms with Gasteiger partial charge in [0, 0.05) is 23.5 Å². The van der Waals surface area contributed by atoms with Crippen LogP contribution in [0.5, 0.6) is 0 Å². The number of nitrogens with zero attached hydrogens (tertiary/aromatic N) is 2. The maximum Gasteiger partial charge on any atom is 0.0951 e. The summed E-state index contributed by atoms with van der Waals surface area (Å²) in [6, 6.07) is 6.11. The Morgan fingerprint density at radius 3 is 2.73 bits per heavy atom. The van der Waals surface area contributed by atoms with Crippen LogP contribution < -0.4 is 0 Å². The lowest BCUT2D eigenvalue weighted by Gasteiger charge is -2.06. The molecule has 0 spiro atoms. The Labute approximate surface area is 94.5 Å². The van der Waals surface area contributed by atoms with E-state index in [9.17, 15) is 0 Å². The lowest BCUT2D eigenvalue weighted by atomic mass is 10.1. The van der Waals surface area contributed by atoms with Crippen LogP contribution in [0.25, 0.3) is 0 Å². The molecule has 0 aliphatic heterocycles. The summed E-state index contributed by atoms with van der Waals surface area (Å²) in [5.41, 5.74) is 3.53. The SMILES string of the molecule is Cc1cc(Cn2cncc2C)ccc1Cl. The van der Waals surface area contributed by atoms with Crippen molar-refractivity contribution in [2.75, 3.05) is 0 Å². The largest absolute Gasteiger partial charge is 0.330 e. The fourth-order valence-corrected chi connectivity index (χ4v) is 1.67. The predicted octanol–water partition coefficient (Wildman–Crippen LogP) is 3.20. The van der Waals surface area contributed by atoms with E-state index in [0.29, 0.717) is 0 Å². The molecule has 0 unspecified atom stereocenters. The van der Waals surface area contributed by atoms with Crippen molar-refractivity contribution < 1.29 is 0 Å². The topological polar surface area (TPSA) is 17.8 Å². The molecular weight excluding hydrogens is 208 g/mol. The molecule has 0 bridgehead atoms. The Bertz CT molecular complexity index is 474. The Morgan fingerprint density at radius 1 is 1.33 bits per heavy atom. The molecule has 78 valence electrons. The van der Waals surface area contributed by atoms with E-state index < -0.39 is 0 Å². The molecular formula is C12H13ClN2. The lowest BCUT2D eigenvalue weighted by Crippen LogP contribution is -2.00. The number of benzene rings is 1. The third-order valence-electron chi connectivity index (χ3n) is 2.50. The second kappa shape index (κ2) is 4.07. The predicted molar refractivity (Wildman–Crippen MR) is 62.3 cm³/mol. The molecule has 1 aromatic carbocycles. The van der Waals surface area contributed by atoms with Crippen molar-refractivity contribution in [3.05, 3.63) is 52.6 Å². The van der Waals surface area contributed by atoms with E-state index in [1.54, 1.807) is 0 Å². The van der Waals surface area contributed by atoms with Crippen LogP contribution in [-0.2, 0) is 6.54 Å². The zero-order valence-electron chi connectivity index (χ0n) is 8.87. The van der Waals surface area contributed by atoms with Crippen molar-refractivity contribution in [2.24, 2.45) is 0 Å². The molecule has 0 fully saturated rings. The van der Waals surface area contributed by atoms with Crippen molar-refractivity contribution in [1.29, 1.82) is 0 Å². The fraction of sp³-hybridized carbons (Fsp3) is 0.250. The van der Waals surface area contributed by atoms with Gasteiger partial charge in [-0.25, -0.2) is 4.98 Å². The van der Waals surface area contributed by atoms with Crippen LogP contribution in [0.3, 0.4) is 0 Å². The first-order valence-electron chi connectivity index (χ1n) is 4.88. The number of hydrogen-bond acceptors (Lipinski definition) is 1. The number of halogens is 1. The minimum absolute atomic E-state index is 0.820. The summed E-state index contributed by atoms with van der Waals surface area (Å²) in [5.74, 6) is 0. The van der Waals surface area contributed by atoms with Gasteiger partial charge >= 0.3 is 0 Å². The van der Waals surface area contributed by atoms with Crippen molar-refractivity contribution in [3.8, 4) is 0 Å². The minimum Gasteiger partial charge on any atom is -0.330 e. The average molecular weight is 221 g/mol. The van der Waals surface area contributed by atoms with Gasteiger partial charge in [-0.1, -0.05) is 23.7 Å². The number of aryl methyl sites for hydroxylation is 2. The van der Waals surface area contributed by atoms with Crippen LogP contribution in [0.2, 0.25) is 5.02 Å². The summed E-state index contributed by atoms with van der Waals surface area (Å²) in [4.78, 5) is 4.09. The molecule has 0 aliphatic carbocycles. The van der Waals surface area contributed by atoms with E-state index in [2.05, 4.69) is 28.6 Å². The number of hydrogen-bond donors (Lipinski definition) is 0. The van der Waals surface area contributed by atoms with E-state index in [1.165, 1.54) is 11.3 Å². The highest BCUT2D eigenvalue weighted by molar-refractivity contribution is 6.31. The molecule has 0 amide bonds. The van der Waals surface area contributed by atoms with E-state index in [-0.39, 0.29) is 0 Å². The highest BCUT2D eigenvalue weighted by Gasteiger charge is 2.00. The molecule has 15 heavy (non-hydrogen) atoms. The first-order chi connectivity index (χ1) is 7.16. The summed E-state index contributed by atoms with van der Waals surface area (Å²) in [7, 11) is 0. The molecule has 0 radical (unpaired) electrons. The Morgan fingerprint density at radius 2 is 2.13 bits per heavy atom. The highest BCUT2D eigenvalue weighted by atomic mass is 35.5. The molecule has 0 saturated carbocycles. The van der Waals surface area contributed by atoms with Crippen LogP contribution >= 0.6 is 11.6 Å². The molecule has 0 N–H and O–H groups in total. The van der Waals surface area contributed by atoms with Gasteiger partial charge in [0.1, 0.15) is 0 Å². The van der Waals surface area contributed by atoms with Gasteiger partial charge in [0.05, 0.1) is 6.33 Å². The van der Waals surface area contributed by atoms with Crippen molar-refractivity contribution in [3.63, 3.8) is 0 Å². The molecule has 0 aliphatic rings. The van der Waals surface area contributed by atoms with Crippen molar-refractivity contribution in [2.45, 2.75) is 20.4 Å². The number of rotatable bonds is 2. The zero-order chi connectivity index (χ0) is 10.8. The van der Waals surface area contributed by atoms with Gasteiger partial charge < -0.3 is 4.57 Å². The van der Waals surface area contributed by atoms with Crippen molar-refractivity contribution >= 4 is 11.6 Å². The molecule has 2 aromatic rings. The van der Waals surface area contributed by atoms with E-state index in [0.717, 1.165) is 17.1 Å². The van der Waals surface area contributed by atoms with E-state index in [1.807, 2.05) is 25.5 Å². The average Bonchev–Trinajstić information content (AvgIpc) is 2.59. The lowest BCUT2D eigenvalue weighted by molar-refractivity contribution is 0.769. The molecule has 1 aromatic heterocycles. The first-order valence-corrected chi connectivity index (χ1v) is 5.26. The summed E-state index contributed by atoms with van der Waals surface area (Å²) in [6.07, 6.45) is 3.71. The van der Waals surface area contributed by atoms with Crippen LogP contribution in [0.15, 0.2) is 30.7 Å². The van der Waals surface area contributed by atoms with E-state index in [4.69, 9.17) is 11.6 Å². The summed E-state index contributed by atoms with van der Waals surface area (Å²) < 4.78 is 2.11.